The molecule has 0 saturated carbocycles. The Morgan fingerprint density at radius 3 is 2.86 bits per heavy atom. The number of carbonyl (C=O) groups is 1. The molecule has 0 spiro atoms. The second-order valence-electron chi connectivity index (χ2n) is 4.56. The summed E-state index contributed by atoms with van der Waals surface area (Å²) in [6.45, 7) is 0.363. The maximum absolute atomic E-state index is 11.7. The monoisotopic (exact) mass is 281 g/mol. The van der Waals surface area contributed by atoms with E-state index in [0.717, 1.165) is 5.56 Å². The summed E-state index contributed by atoms with van der Waals surface area (Å²) in [6.07, 6.45) is 1.40. The van der Waals surface area contributed by atoms with E-state index in [4.69, 9.17) is 9.49 Å². The number of hydrogen-bond donors (Lipinski definition) is 1. The van der Waals surface area contributed by atoms with Crippen molar-refractivity contribution in [2.45, 2.75) is 6.61 Å². The second kappa shape index (κ2) is 5.91. The molecule has 0 fully saturated rings. The lowest BCUT2D eigenvalue weighted by Gasteiger charge is -2.02. The lowest BCUT2D eigenvalue weighted by molar-refractivity contribution is 0.0519. The van der Waals surface area contributed by atoms with Crippen molar-refractivity contribution < 1.29 is 19.3 Å². The highest BCUT2D eigenvalue weighted by atomic mass is 16.7. The fourth-order valence-corrected chi connectivity index (χ4v) is 2.18. The predicted octanol–water partition coefficient (Wildman–Crippen LogP) is 1.10. The van der Waals surface area contributed by atoms with Gasteiger partial charge in [0.25, 0.3) is 0 Å². The smallest absolute Gasteiger partial charge is 0.423 e. The second-order valence-corrected chi connectivity index (χ2v) is 4.56. The standard InChI is InChI=1S/C15H12BNO4/c18-15(11-5-2-1-3-6-11)21-17-9-12-7-4-8-13-10-20-16(19)14(12)13/h1-9,19H,10H2/b17-9+. The molecule has 3 rings (SSSR count). The van der Waals surface area contributed by atoms with Crippen LogP contribution in [0.25, 0.3) is 0 Å². The van der Waals surface area contributed by atoms with Crippen LogP contribution in [0.2, 0.25) is 0 Å². The van der Waals surface area contributed by atoms with Gasteiger partial charge in [0, 0.05) is 0 Å². The van der Waals surface area contributed by atoms with Crippen LogP contribution in [-0.4, -0.2) is 24.3 Å². The summed E-state index contributed by atoms with van der Waals surface area (Å²) in [6, 6.07) is 14.1. The van der Waals surface area contributed by atoms with Gasteiger partial charge in [-0.3, -0.25) is 0 Å². The average molecular weight is 281 g/mol. The molecule has 6 heteroatoms. The van der Waals surface area contributed by atoms with Crippen LogP contribution in [0.4, 0.5) is 0 Å². The van der Waals surface area contributed by atoms with Crippen LogP contribution in [0.15, 0.2) is 53.7 Å². The van der Waals surface area contributed by atoms with Gasteiger partial charge in [0.2, 0.25) is 0 Å². The Labute approximate surface area is 122 Å². The Balaban J connectivity index is 1.73. The molecular formula is C15H12BNO4. The fraction of sp³-hybridized carbons (Fsp3) is 0.0667. The summed E-state index contributed by atoms with van der Waals surface area (Å²) >= 11 is 0. The van der Waals surface area contributed by atoms with Gasteiger partial charge in [0.1, 0.15) is 0 Å². The molecule has 1 N–H and O–H groups in total. The Bertz CT molecular complexity index is 687. The Kier molecular flexibility index (Phi) is 3.81. The van der Waals surface area contributed by atoms with Crippen molar-refractivity contribution in [3.05, 3.63) is 65.2 Å². The maximum Gasteiger partial charge on any atom is 0.492 e. The van der Waals surface area contributed by atoms with Crippen molar-refractivity contribution in [2.24, 2.45) is 5.16 Å². The molecule has 1 aliphatic rings. The number of carbonyl (C=O) groups excluding carboxylic acids is 1. The van der Waals surface area contributed by atoms with Crippen LogP contribution in [0.1, 0.15) is 21.5 Å². The van der Waals surface area contributed by atoms with Gasteiger partial charge in [0.05, 0.1) is 18.4 Å². The van der Waals surface area contributed by atoms with Crippen LogP contribution < -0.4 is 5.46 Å². The summed E-state index contributed by atoms with van der Waals surface area (Å²) in [4.78, 5) is 16.6. The Morgan fingerprint density at radius 2 is 2.05 bits per heavy atom. The van der Waals surface area contributed by atoms with Crippen molar-refractivity contribution in [1.82, 2.24) is 0 Å². The van der Waals surface area contributed by atoms with E-state index >= 15 is 0 Å². The summed E-state index contributed by atoms with van der Waals surface area (Å²) in [7, 11) is -0.965. The van der Waals surface area contributed by atoms with Gasteiger partial charge in [-0.25, -0.2) is 4.79 Å². The molecule has 0 aliphatic carbocycles. The van der Waals surface area contributed by atoms with Crippen LogP contribution >= 0.6 is 0 Å². The third-order valence-corrected chi connectivity index (χ3v) is 3.21. The van der Waals surface area contributed by atoms with Gasteiger partial charge in [-0.2, -0.15) is 0 Å². The summed E-state index contributed by atoms with van der Waals surface area (Å²) in [5, 5.41) is 13.4. The predicted molar refractivity (Wildman–Crippen MR) is 78.3 cm³/mol. The van der Waals surface area contributed by atoms with E-state index < -0.39 is 13.1 Å². The number of nitrogens with zero attached hydrogens (tertiary/aromatic N) is 1. The largest absolute Gasteiger partial charge is 0.492 e. The molecule has 21 heavy (non-hydrogen) atoms. The first kappa shape index (κ1) is 13.5. The number of fused-ring (bicyclic) bond motifs is 1. The van der Waals surface area contributed by atoms with Crippen molar-refractivity contribution in [3.8, 4) is 0 Å². The van der Waals surface area contributed by atoms with Gasteiger partial charge in [-0.1, -0.05) is 41.6 Å². The first-order chi connectivity index (χ1) is 10.3. The molecule has 2 aromatic carbocycles. The highest BCUT2D eigenvalue weighted by Gasteiger charge is 2.29. The minimum Gasteiger partial charge on any atom is -0.423 e. The quantitative estimate of drug-likeness (QED) is 0.396. The van der Waals surface area contributed by atoms with E-state index in [1.165, 1.54) is 6.21 Å². The molecule has 0 aromatic heterocycles. The fourth-order valence-electron chi connectivity index (χ4n) is 2.18. The zero-order valence-corrected chi connectivity index (χ0v) is 11.1. The normalized spacial score (nSPS) is 13.5. The van der Waals surface area contributed by atoms with Crippen molar-refractivity contribution >= 4 is 24.8 Å². The molecule has 0 amide bonds. The van der Waals surface area contributed by atoms with Crippen molar-refractivity contribution in [2.75, 3.05) is 0 Å². The number of benzene rings is 2. The SMILES string of the molecule is O=C(O/N=C/c1cccc2c1B(O)OC2)c1ccccc1. The molecule has 5 nitrogen and oxygen atoms in total. The highest BCUT2D eigenvalue weighted by Crippen LogP contribution is 2.11. The van der Waals surface area contributed by atoms with Crippen LogP contribution in [0, 0.1) is 0 Å². The molecule has 2 aromatic rings. The van der Waals surface area contributed by atoms with Crippen LogP contribution in [-0.2, 0) is 16.1 Å². The zero-order chi connectivity index (χ0) is 14.7. The van der Waals surface area contributed by atoms with E-state index in [1.54, 1.807) is 30.3 Å². The Hall–Kier alpha value is -2.44. The van der Waals surface area contributed by atoms with Gasteiger partial charge in [-0.15, -0.1) is 0 Å². The van der Waals surface area contributed by atoms with Crippen molar-refractivity contribution in [3.63, 3.8) is 0 Å². The van der Waals surface area contributed by atoms with E-state index in [1.807, 2.05) is 18.2 Å². The van der Waals surface area contributed by atoms with Gasteiger partial charge >= 0.3 is 13.1 Å². The molecule has 1 aliphatic heterocycles. The molecule has 0 saturated heterocycles. The van der Waals surface area contributed by atoms with E-state index in [2.05, 4.69) is 5.16 Å². The lowest BCUT2D eigenvalue weighted by atomic mass is 9.76. The van der Waals surface area contributed by atoms with E-state index in [-0.39, 0.29) is 0 Å². The average Bonchev–Trinajstić information content (AvgIpc) is 2.90. The molecule has 0 atom stereocenters. The van der Waals surface area contributed by atoms with Gasteiger partial charge < -0.3 is 14.5 Å². The molecule has 0 radical (unpaired) electrons. The molecule has 0 bridgehead atoms. The zero-order valence-electron chi connectivity index (χ0n) is 11.1. The number of oxime groups is 1. The summed E-state index contributed by atoms with van der Waals surface area (Å²) in [5.74, 6) is -0.531. The molecule has 104 valence electrons. The lowest BCUT2D eigenvalue weighted by Crippen LogP contribution is -2.31. The third kappa shape index (κ3) is 2.86. The summed E-state index contributed by atoms with van der Waals surface area (Å²) in [5.41, 5.74) is 2.66. The minimum absolute atomic E-state index is 0.363. The van der Waals surface area contributed by atoms with E-state index in [0.29, 0.717) is 23.2 Å². The minimum atomic E-state index is -0.965. The highest BCUT2D eigenvalue weighted by molar-refractivity contribution is 6.63. The first-order valence-corrected chi connectivity index (χ1v) is 6.47. The first-order valence-electron chi connectivity index (χ1n) is 6.47. The number of hydrogen-bond acceptors (Lipinski definition) is 5. The maximum atomic E-state index is 11.7. The van der Waals surface area contributed by atoms with Crippen LogP contribution in [0.5, 0.6) is 0 Å². The van der Waals surface area contributed by atoms with Crippen LogP contribution in [0.3, 0.4) is 0 Å². The number of rotatable bonds is 3. The van der Waals surface area contributed by atoms with Gasteiger partial charge in [0.15, 0.2) is 0 Å². The van der Waals surface area contributed by atoms with Crippen molar-refractivity contribution in [1.29, 1.82) is 0 Å². The van der Waals surface area contributed by atoms with Gasteiger partial charge in [-0.05, 0) is 28.7 Å². The summed E-state index contributed by atoms with van der Waals surface area (Å²) < 4.78 is 5.15. The topological polar surface area (TPSA) is 68.1 Å². The molecule has 1 heterocycles. The molecular weight excluding hydrogens is 269 g/mol. The van der Waals surface area contributed by atoms with E-state index in [9.17, 15) is 9.82 Å². The molecule has 0 unspecified atom stereocenters. The third-order valence-electron chi connectivity index (χ3n) is 3.21. The Morgan fingerprint density at radius 1 is 1.24 bits per heavy atom.